The summed E-state index contributed by atoms with van der Waals surface area (Å²) in [6, 6.07) is 12.2. The quantitative estimate of drug-likeness (QED) is 0.532. The first-order valence-corrected chi connectivity index (χ1v) is 9.16. The molecule has 1 atom stereocenters. The summed E-state index contributed by atoms with van der Waals surface area (Å²) in [7, 11) is 0. The Morgan fingerprint density at radius 1 is 1.07 bits per heavy atom. The van der Waals surface area contributed by atoms with Crippen LogP contribution in [-0.2, 0) is 9.53 Å². The van der Waals surface area contributed by atoms with Crippen molar-refractivity contribution in [2.45, 2.75) is 26.9 Å². The molecule has 2 aromatic rings. The number of carbonyl (C=O) groups is 2. The van der Waals surface area contributed by atoms with Crippen molar-refractivity contribution in [3.63, 3.8) is 0 Å². The Morgan fingerprint density at radius 3 is 2.46 bits per heavy atom. The van der Waals surface area contributed by atoms with Gasteiger partial charge in [0, 0.05) is 6.07 Å². The van der Waals surface area contributed by atoms with E-state index < -0.39 is 12.1 Å². The second kappa shape index (κ2) is 8.61. The van der Waals surface area contributed by atoms with Gasteiger partial charge in [-0.25, -0.2) is 4.79 Å². The second-order valence-corrected chi connectivity index (χ2v) is 6.11. The zero-order valence-electron chi connectivity index (χ0n) is 16.1. The lowest BCUT2D eigenvalue weighted by Crippen LogP contribution is -2.26. The molecule has 0 saturated carbocycles. The van der Waals surface area contributed by atoms with Crippen LogP contribution in [0.15, 0.2) is 48.2 Å². The number of Topliss-reactive ketones (excluding diaryl/α,β-unsaturated/α-hetero) is 1. The first kappa shape index (κ1) is 19.5. The molecular formula is C22H22O6. The summed E-state index contributed by atoms with van der Waals surface area (Å²) in [5, 5.41) is 0. The van der Waals surface area contributed by atoms with Crippen LogP contribution in [0.25, 0.3) is 6.08 Å². The van der Waals surface area contributed by atoms with E-state index in [4.69, 9.17) is 18.9 Å². The Kier molecular flexibility index (Phi) is 5.99. The molecule has 6 nitrogen and oxygen atoms in total. The molecule has 1 aliphatic heterocycles. The number of hydrogen-bond donors (Lipinski definition) is 0. The fourth-order valence-electron chi connectivity index (χ4n) is 2.73. The van der Waals surface area contributed by atoms with Gasteiger partial charge in [0.05, 0.1) is 18.8 Å². The van der Waals surface area contributed by atoms with Crippen LogP contribution >= 0.6 is 0 Å². The molecule has 146 valence electrons. The lowest BCUT2D eigenvalue weighted by Gasteiger charge is -2.13. The maximum absolute atomic E-state index is 12.6. The molecule has 0 aliphatic carbocycles. The number of ketones is 1. The number of fused-ring (bicyclic) bond motifs is 1. The van der Waals surface area contributed by atoms with Crippen LogP contribution in [0, 0.1) is 0 Å². The van der Waals surface area contributed by atoms with Crippen LogP contribution in [0.2, 0.25) is 0 Å². The van der Waals surface area contributed by atoms with Gasteiger partial charge in [-0.1, -0.05) is 12.1 Å². The van der Waals surface area contributed by atoms with E-state index in [1.165, 1.54) is 0 Å². The third kappa shape index (κ3) is 4.34. The van der Waals surface area contributed by atoms with Crippen LogP contribution in [-0.4, -0.2) is 31.1 Å². The first-order chi connectivity index (χ1) is 13.5. The number of ether oxygens (including phenoxy) is 4. The Hall–Kier alpha value is -3.28. The monoisotopic (exact) mass is 382 g/mol. The van der Waals surface area contributed by atoms with Gasteiger partial charge in [0.15, 0.2) is 11.9 Å². The van der Waals surface area contributed by atoms with Gasteiger partial charge >= 0.3 is 5.97 Å². The van der Waals surface area contributed by atoms with E-state index in [0.29, 0.717) is 23.7 Å². The van der Waals surface area contributed by atoms with Crippen molar-refractivity contribution < 1.29 is 28.5 Å². The maximum Gasteiger partial charge on any atom is 0.347 e. The fourth-order valence-corrected chi connectivity index (χ4v) is 2.73. The predicted octanol–water partition coefficient (Wildman–Crippen LogP) is 4.03. The molecule has 0 fully saturated rings. The zero-order valence-corrected chi connectivity index (χ0v) is 16.1. The molecule has 28 heavy (non-hydrogen) atoms. The lowest BCUT2D eigenvalue weighted by molar-refractivity contribution is -0.150. The predicted molar refractivity (Wildman–Crippen MR) is 104 cm³/mol. The standard InChI is InChI=1S/C22H22O6/c1-4-25-16-8-6-15(7-9-16)12-20-21(23)18-11-10-17(13-19(18)28-20)27-14(3)22(24)26-5-2/h6-14H,4-5H2,1-3H3. The largest absolute Gasteiger partial charge is 0.494 e. The molecule has 0 spiro atoms. The Labute approximate surface area is 163 Å². The van der Waals surface area contributed by atoms with Gasteiger partial charge in [-0.2, -0.15) is 0 Å². The van der Waals surface area contributed by atoms with Gasteiger partial charge in [-0.05, 0) is 56.7 Å². The normalized spacial score (nSPS) is 15.0. The number of carbonyl (C=O) groups excluding carboxylic acids is 2. The average Bonchev–Trinajstić information content (AvgIpc) is 2.98. The highest BCUT2D eigenvalue weighted by Gasteiger charge is 2.28. The highest BCUT2D eigenvalue weighted by atomic mass is 16.6. The minimum atomic E-state index is -0.756. The zero-order chi connectivity index (χ0) is 20.1. The molecule has 0 N–H and O–H groups in total. The maximum atomic E-state index is 12.6. The van der Waals surface area contributed by atoms with E-state index in [2.05, 4.69) is 0 Å². The molecule has 1 aliphatic rings. The van der Waals surface area contributed by atoms with Crippen molar-refractivity contribution in [2.24, 2.45) is 0 Å². The molecular weight excluding hydrogens is 360 g/mol. The van der Waals surface area contributed by atoms with Gasteiger partial charge in [0.25, 0.3) is 0 Å². The summed E-state index contributed by atoms with van der Waals surface area (Å²) in [6.45, 7) is 6.14. The molecule has 0 aromatic heterocycles. The molecule has 6 heteroatoms. The van der Waals surface area contributed by atoms with Crippen LogP contribution < -0.4 is 14.2 Å². The third-order valence-electron chi connectivity index (χ3n) is 4.06. The van der Waals surface area contributed by atoms with E-state index in [1.54, 1.807) is 38.1 Å². The van der Waals surface area contributed by atoms with Crippen molar-refractivity contribution in [3.8, 4) is 17.2 Å². The molecule has 1 unspecified atom stereocenters. The van der Waals surface area contributed by atoms with Crippen LogP contribution in [0.5, 0.6) is 17.2 Å². The summed E-state index contributed by atoms with van der Waals surface area (Å²) >= 11 is 0. The van der Waals surface area contributed by atoms with E-state index >= 15 is 0 Å². The molecule has 0 radical (unpaired) electrons. The van der Waals surface area contributed by atoms with Crippen molar-refractivity contribution >= 4 is 17.8 Å². The van der Waals surface area contributed by atoms with Gasteiger partial charge in [0.1, 0.15) is 17.2 Å². The van der Waals surface area contributed by atoms with Crippen LogP contribution in [0.4, 0.5) is 0 Å². The molecule has 0 amide bonds. The first-order valence-electron chi connectivity index (χ1n) is 9.16. The van der Waals surface area contributed by atoms with Crippen LogP contribution in [0.3, 0.4) is 0 Å². The van der Waals surface area contributed by atoms with Crippen molar-refractivity contribution in [3.05, 3.63) is 59.4 Å². The molecule has 2 aromatic carbocycles. The number of benzene rings is 2. The van der Waals surface area contributed by atoms with Crippen molar-refractivity contribution in [2.75, 3.05) is 13.2 Å². The number of rotatable bonds is 7. The topological polar surface area (TPSA) is 71.1 Å². The summed E-state index contributed by atoms with van der Waals surface area (Å²) in [6.07, 6.45) is 0.925. The van der Waals surface area contributed by atoms with Crippen molar-refractivity contribution in [1.82, 2.24) is 0 Å². The van der Waals surface area contributed by atoms with Crippen LogP contribution in [0.1, 0.15) is 36.7 Å². The third-order valence-corrected chi connectivity index (χ3v) is 4.06. The van der Waals surface area contributed by atoms with E-state index in [-0.39, 0.29) is 18.1 Å². The molecule has 1 heterocycles. The van der Waals surface area contributed by atoms with E-state index in [1.807, 2.05) is 31.2 Å². The summed E-state index contributed by atoms with van der Waals surface area (Å²) in [5.41, 5.74) is 1.28. The van der Waals surface area contributed by atoms with E-state index in [0.717, 1.165) is 11.3 Å². The molecule has 0 saturated heterocycles. The molecule has 0 bridgehead atoms. The minimum absolute atomic E-state index is 0.200. The van der Waals surface area contributed by atoms with Gasteiger partial charge in [0.2, 0.25) is 5.78 Å². The highest BCUT2D eigenvalue weighted by molar-refractivity contribution is 6.14. The average molecular weight is 382 g/mol. The number of hydrogen-bond acceptors (Lipinski definition) is 6. The highest BCUT2D eigenvalue weighted by Crippen LogP contribution is 2.35. The van der Waals surface area contributed by atoms with Crippen molar-refractivity contribution in [1.29, 1.82) is 0 Å². The van der Waals surface area contributed by atoms with Gasteiger partial charge in [-0.15, -0.1) is 0 Å². The Balaban J connectivity index is 1.74. The van der Waals surface area contributed by atoms with E-state index in [9.17, 15) is 9.59 Å². The fraction of sp³-hybridized carbons (Fsp3) is 0.273. The SMILES string of the molecule is CCOC(=O)C(C)Oc1ccc2c(c1)OC(=Cc1ccc(OCC)cc1)C2=O. The number of esters is 1. The summed E-state index contributed by atoms with van der Waals surface area (Å²) in [5.74, 6) is 1.17. The van der Waals surface area contributed by atoms with Gasteiger partial charge < -0.3 is 18.9 Å². The Bertz CT molecular complexity index is 898. The minimum Gasteiger partial charge on any atom is -0.494 e. The lowest BCUT2D eigenvalue weighted by atomic mass is 10.1. The Morgan fingerprint density at radius 2 is 1.79 bits per heavy atom. The second-order valence-electron chi connectivity index (χ2n) is 6.11. The summed E-state index contributed by atoms with van der Waals surface area (Å²) in [4.78, 5) is 24.3. The molecule has 3 rings (SSSR count). The smallest absolute Gasteiger partial charge is 0.347 e. The van der Waals surface area contributed by atoms with Gasteiger partial charge in [-0.3, -0.25) is 4.79 Å². The summed E-state index contributed by atoms with van der Waals surface area (Å²) < 4.78 is 21.6. The number of allylic oxidation sites excluding steroid dienone is 1.